The van der Waals surface area contributed by atoms with Crippen molar-refractivity contribution in [2.24, 2.45) is 16.3 Å². The topological polar surface area (TPSA) is 48.3 Å². The van der Waals surface area contributed by atoms with Gasteiger partial charge in [-0.3, -0.25) is 4.79 Å². The fraction of sp³-hybridized carbons (Fsp3) is 0.611. The summed E-state index contributed by atoms with van der Waals surface area (Å²) in [5.41, 5.74) is 1.04. The second kappa shape index (κ2) is 4.91. The van der Waals surface area contributed by atoms with E-state index in [9.17, 15) is 4.79 Å². The van der Waals surface area contributed by atoms with E-state index in [1.807, 2.05) is 35.3 Å². The van der Waals surface area contributed by atoms with Gasteiger partial charge in [0, 0.05) is 0 Å². The molecule has 6 heteroatoms. The van der Waals surface area contributed by atoms with Crippen LogP contribution in [0.1, 0.15) is 27.2 Å². The van der Waals surface area contributed by atoms with Crippen LogP contribution in [0.25, 0.3) is 0 Å². The van der Waals surface area contributed by atoms with E-state index in [4.69, 9.17) is 0 Å². The van der Waals surface area contributed by atoms with Crippen molar-refractivity contribution >= 4 is 19.8 Å². The number of nitrogens with zero attached hydrogens (tertiary/aromatic N) is 4. The lowest BCUT2D eigenvalue weighted by molar-refractivity contribution is -0.130. The maximum Gasteiger partial charge on any atom is 0.220 e. The summed E-state index contributed by atoms with van der Waals surface area (Å²) in [5.74, 6) is 0.366. The number of carbonyl (C=O) groups is 1. The molecule has 1 aromatic carbocycles. The van der Waals surface area contributed by atoms with Gasteiger partial charge in [0.05, 0.1) is 23.7 Å². The SMILES string of the molecule is CC(C)(C)[Si](C)(C)N1C(=O)[C@@H]2C[C@H]1[C@H]1N=NN(c3ccccc3)[C@H]12. The maximum atomic E-state index is 13.2. The quantitative estimate of drug-likeness (QED) is 0.767. The molecule has 24 heavy (non-hydrogen) atoms. The number of benzene rings is 1. The Bertz CT molecular complexity index is 697. The number of piperidine rings is 1. The Morgan fingerprint density at radius 1 is 1.17 bits per heavy atom. The highest BCUT2D eigenvalue weighted by molar-refractivity contribution is 6.79. The minimum atomic E-state index is -1.89. The molecule has 2 aliphatic heterocycles. The predicted molar refractivity (Wildman–Crippen MR) is 97.3 cm³/mol. The highest BCUT2D eigenvalue weighted by Gasteiger charge is 2.65. The van der Waals surface area contributed by atoms with Gasteiger partial charge in [0.25, 0.3) is 0 Å². The van der Waals surface area contributed by atoms with E-state index in [-0.39, 0.29) is 29.1 Å². The first-order valence-corrected chi connectivity index (χ1v) is 11.8. The van der Waals surface area contributed by atoms with E-state index < -0.39 is 8.24 Å². The minimum absolute atomic E-state index is 0.0318. The molecule has 1 amide bonds. The van der Waals surface area contributed by atoms with Gasteiger partial charge in [-0.1, -0.05) is 57.3 Å². The predicted octanol–water partition coefficient (Wildman–Crippen LogP) is 3.85. The molecule has 1 saturated carbocycles. The lowest BCUT2D eigenvalue weighted by atomic mass is 9.99. The van der Waals surface area contributed by atoms with Crippen LogP contribution in [-0.2, 0) is 4.79 Å². The van der Waals surface area contributed by atoms with Gasteiger partial charge >= 0.3 is 0 Å². The monoisotopic (exact) mass is 342 g/mol. The highest BCUT2D eigenvalue weighted by atomic mass is 28.3. The second-order valence-corrected chi connectivity index (χ2v) is 13.9. The van der Waals surface area contributed by atoms with Crippen molar-refractivity contribution in [1.82, 2.24) is 4.57 Å². The van der Waals surface area contributed by atoms with Gasteiger partial charge in [-0.2, -0.15) is 5.11 Å². The number of rotatable bonds is 2. The van der Waals surface area contributed by atoms with Crippen LogP contribution in [-0.4, -0.2) is 36.8 Å². The van der Waals surface area contributed by atoms with E-state index >= 15 is 0 Å². The molecule has 2 bridgehead atoms. The normalized spacial score (nSPS) is 32.0. The van der Waals surface area contributed by atoms with E-state index in [1.54, 1.807) is 0 Å². The minimum Gasteiger partial charge on any atom is -0.364 e. The van der Waals surface area contributed by atoms with Gasteiger partial charge in [-0.25, -0.2) is 5.01 Å². The average Bonchev–Trinajstić information content (AvgIpc) is 3.16. The molecule has 128 valence electrons. The van der Waals surface area contributed by atoms with Gasteiger partial charge in [-0.15, -0.1) is 0 Å². The molecule has 1 saturated heterocycles. The summed E-state index contributed by atoms with van der Waals surface area (Å²) < 4.78 is 2.26. The van der Waals surface area contributed by atoms with E-state index in [0.29, 0.717) is 5.91 Å². The second-order valence-electron chi connectivity index (χ2n) is 8.79. The van der Waals surface area contributed by atoms with Crippen LogP contribution >= 0.6 is 0 Å². The number of carbonyl (C=O) groups excluding carboxylic acids is 1. The molecule has 0 radical (unpaired) electrons. The average molecular weight is 343 g/mol. The molecule has 1 aromatic rings. The smallest absolute Gasteiger partial charge is 0.220 e. The third-order valence-electron chi connectivity index (χ3n) is 6.56. The van der Waals surface area contributed by atoms with Gasteiger partial charge < -0.3 is 4.57 Å². The molecule has 2 heterocycles. The largest absolute Gasteiger partial charge is 0.364 e. The zero-order valence-electron chi connectivity index (χ0n) is 15.1. The standard InChI is InChI=1S/C18H26N4OSi/c1-18(2,3)24(4,5)22-14-11-13(17(22)23)16-15(14)19-20-21(16)12-9-7-6-8-10-12/h6-10,13-16H,11H2,1-5H3/t13-,14+,15-,16+/m1/s1. The van der Waals surface area contributed by atoms with Crippen LogP contribution in [0.5, 0.6) is 0 Å². The molecular formula is C18H26N4OSi. The molecule has 2 fully saturated rings. The van der Waals surface area contributed by atoms with E-state index in [0.717, 1.165) is 12.1 Å². The van der Waals surface area contributed by atoms with Crippen LogP contribution in [0.3, 0.4) is 0 Å². The lowest BCUT2D eigenvalue weighted by Crippen LogP contribution is -2.65. The van der Waals surface area contributed by atoms with Gasteiger partial charge in [-0.05, 0) is 23.6 Å². The molecule has 3 aliphatic rings. The molecule has 0 unspecified atom stereocenters. The maximum absolute atomic E-state index is 13.2. The summed E-state index contributed by atoms with van der Waals surface area (Å²) >= 11 is 0. The van der Waals surface area contributed by atoms with Crippen molar-refractivity contribution in [3.8, 4) is 0 Å². The Kier molecular flexibility index (Phi) is 3.23. The first-order chi connectivity index (χ1) is 11.2. The first kappa shape index (κ1) is 15.8. The Labute approximate surface area is 144 Å². The summed E-state index contributed by atoms with van der Waals surface area (Å²) in [6.45, 7) is 11.4. The molecule has 0 aromatic heterocycles. The molecule has 1 aliphatic carbocycles. The molecule has 5 nitrogen and oxygen atoms in total. The van der Waals surface area contributed by atoms with Crippen molar-refractivity contribution in [1.29, 1.82) is 0 Å². The van der Waals surface area contributed by atoms with Crippen LogP contribution < -0.4 is 5.01 Å². The Morgan fingerprint density at radius 3 is 2.46 bits per heavy atom. The van der Waals surface area contributed by atoms with Crippen molar-refractivity contribution in [2.75, 3.05) is 5.01 Å². The van der Waals surface area contributed by atoms with Crippen LogP contribution in [0.15, 0.2) is 40.7 Å². The molecule has 0 spiro atoms. The number of hydrogen-bond acceptors (Lipinski definition) is 4. The molecular weight excluding hydrogens is 316 g/mol. The summed E-state index contributed by atoms with van der Waals surface area (Å²) in [4.78, 5) is 13.2. The number of fused-ring (bicyclic) bond motifs is 5. The summed E-state index contributed by atoms with van der Waals surface area (Å²) in [6, 6.07) is 10.6. The van der Waals surface area contributed by atoms with Crippen LogP contribution in [0, 0.1) is 5.92 Å². The number of hydrogen-bond donors (Lipinski definition) is 0. The van der Waals surface area contributed by atoms with Crippen molar-refractivity contribution in [3.63, 3.8) is 0 Å². The van der Waals surface area contributed by atoms with Crippen LogP contribution in [0.2, 0.25) is 18.1 Å². The molecule has 0 N–H and O–H groups in total. The lowest BCUT2D eigenvalue weighted by Gasteiger charge is -2.49. The third-order valence-corrected chi connectivity index (χ3v) is 12.0. The fourth-order valence-electron chi connectivity index (χ4n) is 4.34. The van der Waals surface area contributed by atoms with Crippen LogP contribution in [0.4, 0.5) is 5.69 Å². The van der Waals surface area contributed by atoms with Crippen molar-refractivity contribution in [2.45, 2.75) is 63.4 Å². The summed E-state index contributed by atoms with van der Waals surface area (Å²) in [6.07, 6.45) is 0.934. The van der Waals surface area contributed by atoms with Gasteiger partial charge in [0.2, 0.25) is 5.91 Å². The summed E-state index contributed by atoms with van der Waals surface area (Å²) in [5, 5.41) is 11.2. The fourth-order valence-corrected chi connectivity index (χ4v) is 6.87. The molecule has 4 atom stereocenters. The van der Waals surface area contributed by atoms with Gasteiger partial charge in [0.15, 0.2) is 8.24 Å². The first-order valence-electron chi connectivity index (χ1n) is 8.82. The highest BCUT2D eigenvalue weighted by Crippen LogP contribution is 2.52. The molecule has 4 rings (SSSR count). The van der Waals surface area contributed by atoms with E-state index in [1.165, 1.54) is 0 Å². The number of amides is 1. The Balaban J connectivity index is 1.66. The third kappa shape index (κ3) is 1.95. The van der Waals surface area contributed by atoms with Crippen molar-refractivity contribution in [3.05, 3.63) is 30.3 Å². The zero-order valence-corrected chi connectivity index (χ0v) is 16.1. The number of anilines is 1. The van der Waals surface area contributed by atoms with Crippen molar-refractivity contribution < 1.29 is 4.79 Å². The number of para-hydroxylation sites is 1. The van der Waals surface area contributed by atoms with E-state index in [2.05, 4.69) is 48.8 Å². The Hall–Kier alpha value is -1.69. The zero-order chi connectivity index (χ0) is 17.3. The summed E-state index contributed by atoms with van der Waals surface area (Å²) in [7, 11) is -1.89. The Morgan fingerprint density at radius 2 is 1.83 bits per heavy atom. The van der Waals surface area contributed by atoms with Gasteiger partial charge in [0.1, 0.15) is 6.04 Å².